The molecule has 1 aliphatic heterocycles. The molecule has 1 heterocycles. The van der Waals surface area contributed by atoms with Gasteiger partial charge in [-0.05, 0) is 48.0 Å². The van der Waals surface area contributed by atoms with E-state index in [1.807, 2.05) is 6.07 Å². The molecule has 0 atom stereocenters. The summed E-state index contributed by atoms with van der Waals surface area (Å²) in [7, 11) is -2.30. The first-order valence-corrected chi connectivity index (χ1v) is 10.7. The lowest BCUT2D eigenvalue weighted by molar-refractivity contribution is -0.117. The van der Waals surface area contributed by atoms with Crippen molar-refractivity contribution in [1.82, 2.24) is 0 Å². The molecule has 8 heteroatoms. The van der Waals surface area contributed by atoms with Crippen molar-refractivity contribution in [3.8, 4) is 0 Å². The molecule has 0 fully saturated rings. The quantitative estimate of drug-likeness (QED) is 0.661. The number of amides is 2. The number of rotatable bonds is 5. The number of para-hydroxylation sites is 2. The van der Waals surface area contributed by atoms with Gasteiger partial charge in [0.05, 0.1) is 22.6 Å². The van der Waals surface area contributed by atoms with E-state index in [0.29, 0.717) is 16.9 Å². The fraction of sp³-hybridized carbons (Fsp3) is 0.0909. The maximum Gasteiger partial charge on any atom is 0.261 e. The summed E-state index contributed by atoms with van der Waals surface area (Å²) >= 11 is 0. The lowest BCUT2D eigenvalue weighted by atomic mass is 10.1. The van der Waals surface area contributed by atoms with Gasteiger partial charge in [0.2, 0.25) is 5.91 Å². The summed E-state index contributed by atoms with van der Waals surface area (Å²) in [5.41, 5.74) is 2.32. The van der Waals surface area contributed by atoms with Crippen LogP contribution in [0.1, 0.15) is 15.9 Å². The lowest BCUT2D eigenvalue weighted by Gasteiger charge is -2.14. The molecule has 0 bridgehead atoms. The molecular formula is C22H19N3O4S. The largest absolute Gasteiger partial charge is 0.322 e. The number of nitrogens with one attached hydrogen (secondary N) is 2. The van der Waals surface area contributed by atoms with Crippen molar-refractivity contribution in [3.63, 3.8) is 0 Å². The molecule has 3 aromatic rings. The minimum absolute atomic E-state index is 0.0302. The Labute approximate surface area is 174 Å². The Morgan fingerprint density at radius 1 is 0.967 bits per heavy atom. The number of likely N-dealkylation sites (N-methyl/N-ethyl adjacent to an activating group) is 1. The smallest absolute Gasteiger partial charge is 0.261 e. The van der Waals surface area contributed by atoms with E-state index in [9.17, 15) is 18.0 Å². The van der Waals surface area contributed by atoms with Gasteiger partial charge in [-0.3, -0.25) is 14.3 Å². The summed E-state index contributed by atoms with van der Waals surface area (Å²) in [6, 6.07) is 19.8. The van der Waals surface area contributed by atoms with Gasteiger partial charge in [0.25, 0.3) is 15.9 Å². The molecule has 0 saturated carbocycles. The number of sulfonamides is 1. The Morgan fingerprint density at radius 3 is 2.43 bits per heavy atom. The summed E-state index contributed by atoms with van der Waals surface area (Å²) in [6.45, 7) is 0. The van der Waals surface area contributed by atoms with Gasteiger partial charge in [0, 0.05) is 18.4 Å². The minimum atomic E-state index is -3.96. The van der Waals surface area contributed by atoms with Crippen LogP contribution in [-0.4, -0.2) is 27.3 Å². The molecule has 2 N–H and O–H groups in total. The fourth-order valence-electron chi connectivity index (χ4n) is 3.31. The average molecular weight is 421 g/mol. The SMILES string of the molecule is CN1C(=O)Cc2cc(S(=O)(=O)Nc3ccccc3C(=O)Nc3ccccc3)ccc21. The Balaban J connectivity index is 1.61. The van der Waals surface area contributed by atoms with Gasteiger partial charge in [-0.15, -0.1) is 0 Å². The van der Waals surface area contributed by atoms with Crippen LogP contribution in [0.2, 0.25) is 0 Å². The maximum absolute atomic E-state index is 13.0. The standard InChI is InChI=1S/C22H19N3O4S/c1-25-20-12-11-17(13-15(20)14-21(25)26)30(28,29)24-19-10-6-5-9-18(19)22(27)23-16-7-3-2-4-8-16/h2-13,24H,14H2,1H3,(H,23,27). The zero-order valence-electron chi connectivity index (χ0n) is 16.1. The summed E-state index contributed by atoms with van der Waals surface area (Å²) in [4.78, 5) is 26.1. The summed E-state index contributed by atoms with van der Waals surface area (Å²) in [5, 5.41) is 2.75. The normalized spacial score (nSPS) is 13.1. The van der Waals surface area contributed by atoms with Crippen molar-refractivity contribution in [2.24, 2.45) is 0 Å². The topological polar surface area (TPSA) is 95.6 Å². The highest BCUT2D eigenvalue weighted by atomic mass is 32.2. The molecule has 0 spiro atoms. The Kier molecular flexibility index (Phi) is 5.01. The predicted molar refractivity (Wildman–Crippen MR) is 115 cm³/mol. The third kappa shape index (κ3) is 3.77. The summed E-state index contributed by atoms with van der Waals surface area (Å²) in [6.07, 6.45) is 0.158. The molecule has 0 aliphatic carbocycles. The van der Waals surface area contributed by atoms with Crippen molar-refractivity contribution in [3.05, 3.63) is 83.9 Å². The number of benzene rings is 3. The highest BCUT2D eigenvalue weighted by molar-refractivity contribution is 7.92. The number of carbonyl (C=O) groups is 2. The second-order valence-corrected chi connectivity index (χ2v) is 8.57. The number of anilines is 3. The molecule has 30 heavy (non-hydrogen) atoms. The highest BCUT2D eigenvalue weighted by Gasteiger charge is 2.26. The van der Waals surface area contributed by atoms with E-state index in [1.165, 1.54) is 23.1 Å². The first-order chi connectivity index (χ1) is 14.3. The van der Waals surface area contributed by atoms with Gasteiger partial charge < -0.3 is 10.2 Å². The van der Waals surface area contributed by atoms with Crippen molar-refractivity contribution < 1.29 is 18.0 Å². The molecule has 4 rings (SSSR count). The van der Waals surface area contributed by atoms with Gasteiger partial charge >= 0.3 is 0 Å². The van der Waals surface area contributed by atoms with E-state index in [0.717, 1.165) is 0 Å². The molecule has 7 nitrogen and oxygen atoms in total. The van der Waals surface area contributed by atoms with Crippen LogP contribution >= 0.6 is 0 Å². The van der Waals surface area contributed by atoms with Crippen LogP contribution in [0.5, 0.6) is 0 Å². The van der Waals surface area contributed by atoms with Crippen LogP contribution in [0.15, 0.2) is 77.7 Å². The van der Waals surface area contributed by atoms with Gasteiger partial charge in [0.1, 0.15) is 0 Å². The number of hydrogen-bond acceptors (Lipinski definition) is 4. The van der Waals surface area contributed by atoms with Crippen LogP contribution in [-0.2, 0) is 21.2 Å². The fourth-order valence-corrected chi connectivity index (χ4v) is 4.44. The Morgan fingerprint density at radius 2 is 1.67 bits per heavy atom. The van der Waals surface area contributed by atoms with Gasteiger partial charge in [-0.1, -0.05) is 30.3 Å². The molecule has 0 radical (unpaired) electrons. The van der Waals surface area contributed by atoms with Crippen molar-refractivity contribution >= 4 is 38.9 Å². The van der Waals surface area contributed by atoms with E-state index in [4.69, 9.17) is 0 Å². The van der Waals surface area contributed by atoms with E-state index in [2.05, 4.69) is 10.0 Å². The lowest BCUT2D eigenvalue weighted by Crippen LogP contribution is -2.20. The van der Waals surface area contributed by atoms with Crippen LogP contribution in [0.4, 0.5) is 17.1 Å². The molecular weight excluding hydrogens is 402 g/mol. The molecule has 0 unspecified atom stereocenters. The van der Waals surface area contributed by atoms with Crippen LogP contribution < -0.4 is 14.9 Å². The first-order valence-electron chi connectivity index (χ1n) is 9.23. The van der Waals surface area contributed by atoms with Gasteiger partial charge in [-0.2, -0.15) is 0 Å². The molecule has 0 aromatic heterocycles. The van der Waals surface area contributed by atoms with Crippen LogP contribution in [0.25, 0.3) is 0 Å². The van der Waals surface area contributed by atoms with E-state index in [-0.39, 0.29) is 28.5 Å². The zero-order chi connectivity index (χ0) is 21.3. The predicted octanol–water partition coefficient (Wildman–Crippen LogP) is 3.26. The molecule has 152 valence electrons. The third-order valence-electron chi connectivity index (χ3n) is 4.89. The second kappa shape index (κ2) is 7.64. The number of fused-ring (bicyclic) bond motifs is 1. The van der Waals surface area contributed by atoms with Gasteiger partial charge in [0.15, 0.2) is 0 Å². The van der Waals surface area contributed by atoms with Crippen LogP contribution in [0.3, 0.4) is 0 Å². The number of nitrogens with zero attached hydrogens (tertiary/aromatic N) is 1. The Bertz CT molecular complexity index is 1240. The monoisotopic (exact) mass is 421 g/mol. The second-order valence-electron chi connectivity index (χ2n) is 6.89. The van der Waals surface area contributed by atoms with Crippen molar-refractivity contribution in [2.75, 3.05) is 22.0 Å². The zero-order valence-corrected chi connectivity index (χ0v) is 16.9. The maximum atomic E-state index is 13.0. The minimum Gasteiger partial charge on any atom is -0.322 e. The molecule has 1 aliphatic rings. The summed E-state index contributed by atoms with van der Waals surface area (Å²) < 4.78 is 28.4. The Hall–Kier alpha value is -3.65. The molecule has 2 amide bonds. The number of carbonyl (C=O) groups excluding carboxylic acids is 2. The van der Waals surface area contributed by atoms with E-state index in [1.54, 1.807) is 55.6 Å². The molecule has 3 aromatic carbocycles. The van der Waals surface area contributed by atoms with Crippen molar-refractivity contribution in [2.45, 2.75) is 11.3 Å². The van der Waals surface area contributed by atoms with E-state index >= 15 is 0 Å². The van der Waals surface area contributed by atoms with Crippen LogP contribution in [0, 0.1) is 0 Å². The third-order valence-corrected chi connectivity index (χ3v) is 6.25. The van der Waals surface area contributed by atoms with Gasteiger partial charge in [-0.25, -0.2) is 8.42 Å². The first kappa shape index (κ1) is 19.7. The average Bonchev–Trinajstić information content (AvgIpc) is 3.02. The molecule has 0 saturated heterocycles. The highest BCUT2D eigenvalue weighted by Crippen LogP contribution is 2.30. The van der Waals surface area contributed by atoms with Crippen molar-refractivity contribution in [1.29, 1.82) is 0 Å². The number of hydrogen-bond donors (Lipinski definition) is 2. The van der Waals surface area contributed by atoms with E-state index < -0.39 is 15.9 Å². The summed E-state index contributed by atoms with van der Waals surface area (Å²) in [5.74, 6) is -0.517.